The highest BCUT2D eigenvalue weighted by Crippen LogP contribution is 2.25. The summed E-state index contributed by atoms with van der Waals surface area (Å²) < 4.78 is 0. The first kappa shape index (κ1) is 17.6. The molecule has 0 saturated heterocycles. The molecule has 0 unspecified atom stereocenters. The summed E-state index contributed by atoms with van der Waals surface area (Å²) in [7, 11) is 0. The highest BCUT2D eigenvalue weighted by Gasteiger charge is 2.13. The third kappa shape index (κ3) is 5.16. The molecule has 0 aromatic carbocycles. The van der Waals surface area contributed by atoms with Gasteiger partial charge in [-0.3, -0.25) is 4.98 Å². The zero-order chi connectivity index (χ0) is 16.5. The number of nitrogens with one attached hydrogen (secondary N) is 1. The van der Waals surface area contributed by atoms with E-state index in [0.29, 0.717) is 5.92 Å². The topological polar surface area (TPSA) is 116 Å². The predicted octanol–water partition coefficient (Wildman–Crippen LogP) is 2.80. The summed E-state index contributed by atoms with van der Waals surface area (Å²) >= 11 is 0. The number of aromatic nitrogens is 3. The molecule has 3 N–H and O–H groups in total. The van der Waals surface area contributed by atoms with Gasteiger partial charge in [0, 0.05) is 12.1 Å². The van der Waals surface area contributed by atoms with Gasteiger partial charge in [-0.15, -0.1) is 0 Å². The van der Waals surface area contributed by atoms with Crippen molar-refractivity contribution in [3.8, 4) is 0 Å². The molecule has 7 heteroatoms. The molecule has 0 saturated carbocycles. The van der Waals surface area contributed by atoms with Crippen LogP contribution in [0.15, 0.2) is 18.5 Å². The fourth-order valence-electron chi connectivity index (χ4n) is 2.18. The Morgan fingerprint density at radius 2 is 1.77 bits per heavy atom. The van der Waals surface area contributed by atoms with Crippen molar-refractivity contribution < 1.29 is 19.8 Å². The number of pyridine rings is 1. The highest BCUT2D eigenvalue weighted by atomic mass is 16.4. The summed E-state index contributed by atoms with van der Waals surface area (Å²) in [6.45, 7) is 4.46. The van der Waals surface area contributed by atoms with Gasteiger partial charge in [0.15, 0.2) is 0 Å². The summed E-state index contributed by atoms with van der Waals surface area (Å²) in [5.74, 6) is -1.95. The van der Waals surface area contributed by atoms with Crippen LogP contribution in [0.4, 0.5) is 0 Å². The van der Waals surface area contributed by atoms with E-state index in [9.17, 15) is 0 Å². The number of carboxylic acids is 2. The molecule has 0 aliphatic rings. The maximum atomic E-state index is 9.10. The number of nitrogens with zero attached hydrogens (tertiary/aromatic N) is 2. The SMILES string of the molecule is CCCC(CCC)c1nc2ccncc2[nH]1.O=C(O)C(=O)O. The van der Waals surface area contributed by atoms with Gasteiger partial charge in [-0.05, 0) is 18.9 Å². The smallest absolute Gasteiger partial charge is 0.414 e. The second kappa shape index (κ2) is 8.76. The Bertz CT molecular complexity index is 573. The zero-order valence-electron chi connectivity index (χ0n) is 12.7. The molecule has 0 atom stereocenters. The van der Waals surface area contributed by atoms with E-state index in [0.717, 1.165) is 16.9 Å². The van der Waals surface area contributed by atoms with Crippen molar-refractivity contribution in [2.45, 2.75) is 45.4 Å². The second-order valence-corrected chi connectivity index (χ2v) is 4.90. The molecule has 0 aliphatic carbocycles. The molecule has 2 heterocycles. The molecule has 0 aliphatic heterocycles. The van der Waals surface area contributed by atoms with Crippen molar-refractivity contribution in [3.05, 3.63) is 24.3 Å². The lowest BCUT2D eigenvalue weighted by molar-refractivity contribution is -0.159. The number of aromatic amines is 1. The molecule has 0 radical (unpaired) electrons. The summed E-state index contributed by atoms with van der Waals surface area (Å²) in [5, 5.41) is 14.8. The van der Waals surface area contributed by atoms with Gasteiger partial charge < -0.3 is 15.2 Å². The second-order valence-electron chi connectivity index (χ2n) is 4.90. The Hall–Kier alpha value is -2.44. The first-order valence-corrected chi connectivity index (χ1v) is 7.25. The minimum atomic E-state index is -1.82. The fourth-order valence-corrected chi connectivity index (χ4v) is 2.18. The number of H-pyrrole nitrogens is 1. The predicted molar refractivity (Wildman–Crippen MR) is 81.7 cm³/mol. The van der Waals surface area contributed by atoms with Crippen molar-refractivity contribution in [1.82, 2.24) is 15.0 Å². The van der Waals surface area contributed by atoms with Crippen molar-refractivity contribution >= 4 is 23.0 Å². The van der Waals surface area contributed by atoms with Gasteiger partial charge in [-0.1, -0.05) is 26.7 Å². The summed E-state index contributed by atoms with van der Waals surface area (Å²) in [6.07, 6.45) is 8.48. The molecule has 2 rings (SSSR count). The number of aliphatic carboxylic acids is 2. The van der Waals surface area contributed by atoms with Crippen LogP contribution >= 0.6 is 0 Å². The van der Waals surface area contributed by atoms with E-state index in [1.807, 2.05) is 12.3 Å². The number of hydrogen-bond acceptors (Lipinski definition) is 4. The number of fused-ring (bicyclic) bond motifs is 1. The van der Waals surface area contributed by atoms with E-state index in [-0.39, 0.29) is 0 Å². The zero-order valence-corrected chi connectivity index (χ0v) is 12.7. The molecule has 0 spiro atoms. The Kier molecular flexibility index (Phi) is 7.01. The maximum absolute atomic E-state index is 9.10. The number of imidazole rings is 1. The fraction of sp³-hybridized carbons (Fsp3) is 0.467. The minimum absolute atomic E-state index is 0.572. The van der Waals surface area contributed by atoms with Gasteiger partial charge >= 0.3 is 11.9 Å². The van der Waals surface area contributed by atoms with Crippen molar-refractivity contribution in [3.63, 3.8) is 0 Å². The van der Waals surface area contributed by atoms with E-state index < -0.39 is 11.9 Å². The van der Waals surface area contributed by atoms with Crippen LogP contribution in [0.1, 0.15) is 51.3 Å². The first-order chi connectivity index (χ1) is 10.5. The number of carboxylic acid groups (broad SMARTS) is 2. The Morgan fingerprint density at radius 1 is 1.18 bits per heavy atom. The van der Waals surface area contributed by atoms with Crippen LogP contribution in [0.25, 0.3) is 11.0 Å². The average molecular weight is 307 g/mol. The molecule has 2 aromatic rings. The monoisotopic (exact) mass is 307 g/mol. The van der Waals surface area contributed by atoms with Crippen molar-refractivity contribution in [1.29, 1.82) is 0 Å². The Balaban J connectivity index is 0.000000346. The molecule has 0 fully saturated rings. The standard InChI is InChI=1S/C13H19N3.C2H2O4/c1-3-5-10(6-4-2)13-15-11-7-8-14-9-12(11)16-13;3-1(4)2(5)6/h7-10H,3-6H2,1-2H3,(H,15,16);(H,3,4)(H,5,6). The van der Waals surface area contributed by atoms with Crippen LogP contribution in [0, 0.1) is 0 Å². The van der Waals surface area contributed by atoms with Crippen LogP contribution in [0.5, 0.6) is 0 Å². The summed E-state index contributed by atoms with van der Waals surface area (Å²) in [5.41, 5.74) is 2.08. The summed E-state index contributed by atoms with van der Waals surface area (Å²) in [4.78, 5) is 30.4. The lowest BCUT2D eigenvalue weighted by Crippen LogP contribution is -2.09. The van der Waals surface area contributed by atoms with Gasteiger partial charge in [-0.2, -0.15) is 0 Å². The van der Waals surface area contributed by atoms with E-state index in [2.05, 4.69) is 28.8 Å². The third-order valence-electron chi connectivity index (χ3n) is 3.15. The molecular formula is C15H21N3O4. The van der Waals surface area contributed by atoms with E-state index in [1.165, 1.54) is 25.7 Å². The molecular weight excluding hydrogens is 286 g/mol. The lowest BCUT2D eigenvalue weighted by atomic mass is 9.98. The number of hydrogen-bond donors (Lipinski definition) is 3. The van der Waals surface area contributed by atoms with Gasteiger partial charge in [0.2, 0.25) is 0 Å². The Labute approximate surface area is 128 Å². The van der Waals surface area contributed by atoms with Crippen LogP contribution in [-0.4, -0.2) is 37.1 Å². The van der Waals surface area contributed by atoms with Crippen molar-refractivity contribution in [2.24, 2.45) is 0 Å². The number of rotatable bonds is 5. The average Bonchev–Trinajstić information content (AvgIpc) is 2.91. The maximum Gasteiger partial charge on any atom is 0.414 e. The third-order valence-corrected chi connectivity index (χ3v) is 3.15. The van der Waals surface area contributed by atoms with E-state index in [4.69, 9.17) is 19.8 Å². The van der Waals surface area contributed by atoms with Crippen LogP contribution in [0.3, 0.4) is 0 Å². The van der Waals surface area contributed by atoms with Crippen LogP contribution in [0.2, 0.25) is 0 Å². The normalized spacial score (nSPS) is 10.3. The van der Waals surface area contributed by atoms with Crippen molar-refractivity contribution in [2.75, 3.05) is 0 Å². The largest absolute Gasteiger partial charge is 0.473 e. The highest BCUT2D eigenvalue weighted by molar-refractivity contribution is 6.27. The Morgan fingerprint density at radius 3 is 2.23 bits per heavy atom. The van der Waals surface area contributed by atoms with E-state index in [1.54, 1.807) is 6.20 Å². The molecule has 120 valence electrons. The number of carbonyl (C=O) groups is 2. The lowest BCUT2D eigenvalue weighted by Gasteiger charge is -2.11. The first-order valence-electron chi connectivity index (χ1n) is 7.25. The van der Waals surface area contributed by atoms with Gasteiger partial charge in [0.05, 0.1) is 17.2 Å². The van der Waals surface area contributed by atoms with Crippen LogP contribution in [-0.2, 0) is 9.59 Å². The minimum Gasteiger partial charge on any atom is -0.473 e. The molecule has 0 amide bonds. The molecule has 22 heavy (non-hydrogen) atoms. The van der Waals surface area contributed by atoms with Gasteiger partial charge in [-0.25, -0.2) is 14.6 Å². The van der Waals surface area contributed by atoms with Gasteiger partial charge in [0.1, 0.15) is 5.82 Å². The molecule has 0 bridgehead atoms. The molecule has 7 nitrogen and oxygen atoms in total. The van der Waals surface area contributed by atoms with E-state index >= 15 is 0 Å². The van der Waals surface area contributed by atoms with Gasteiger partial charge in [0.25, 0.3) is 0 Å². The molecule has 2 aromatic heterocycles. The summed E-state index contributed by atoms with van der Waals surface area (Å²) in [6, 6.07) is 1.96. The quantitative estimate of drug-likeness (QED) is 0.731. The van der Waals surface area contributed by atoms with Crippen LogP contribution < -0.4 is 0 Å².